The second-order valence-corrected chi connectivity index (χ2v) is 3.41. The lowest BCUT2D eigenvalue weighted by Crippen LogP contribution is -2.15. The second kappa shape index (κ2) is 4.69. The minimum Gasteiger partial charge on any atom is -0.481 e. The van der Waals surface area contributed by atoms with Crippen LogP contribution in [-0.2, 0) is 4.79 Å². The Bertz CT molecular complexity index is 413. The molecule has 16 heavy (non-hydrogen) atoms. The number of nitrogens with zero attached hydrogens (tertiary/aromatic N) is 1. The summed E-state index contributed by atoms with van der Waals surface area (Å²) in [4.78, 5) is 13.3. The molecule has 0 saturated carbocycles. The van der Waals surface area contributed by atoms with Crippen molar-refractivity contribution in [2.24, 2.45) is 0 Å². The van der Waals surface area contributed by atoms with Crippen LogP contribution in [0.3, 0.4) is 0 Å². The van der Waals surface area contributed by atoms with Crippen LogP contribution in [0.15, 0.2) is 0 Å². The molecule has 0 saturated heterocycles. The zero-order chi connectivity index (χ0) is 12.5. The van der Waals surface area contributed by atoms with Gasteiger partial charge >= 0.3 is 5.97 Å². The van der Waals surface area contributed by atoms with Gasteiger partial charge in [0.25, 0.3) is 5.95 Å². The number of pyridine rings is 1. The molecule has 0 radical (unpaired) electrons. The second-order valence-electron chi connectivity index (χ2n) is 3.03. The molecule has 0 fully saturated rings. The van der Waals surface area contributed by atoms with Crippen molar-refractivity contribution in [3.8, 4) is 0 Å². The molecule has 1 atom stereocenters. The van der Waals surface area contributed by atoms with Crippen molar-refractivity contribution in [3.63, 3.8) is 0 Å². The van der Waals surface area contributed by atoms with Gasteiger partial charge in [-0.1, -0.05) is 18.5 Å². The Morgan fingerprint density at radius 3 is 2.44 bits per heavy atom. The normalized spacial score (nSPS) is 12.6. The molecule has 1 aromatic heterocycles. The average molecular weight is 254 g/mol. The summed E-state index contributed by atoms with van der Waals surface area (Å²) >= 11 is 5.38. The number of aromatic nitrogens is 1. The van der Waals surface area contributed by atoms with Crippen molar-refractivity contribution in [2.45, 2.75) is 19.3 Å². The standard InChI is InChI=1S/C9H7ClF3NO2/c1-2-3(9(15)16)4-5(10)7(12)14-8(13)6(4)11/h3H,2H2,1H3,(H,15,16). The van der Waals surface area contributed by atoms with Gasteiger partial charge in [0.15, 0.2) is 5.82 Å². The van der Waals surface area contributed by atoms with Gasteiger partial charge in [-0.25, -0.2) is 4.39 Å². The molecule has 1 N–H and O–H groups in total. The number of hydrogen-bond donors (Lipinski definition) is 1. The first-order chi connectivity index (χ1) is 7.40. The summed E-state index contributed by atoms with van der Waals surface area (Å²) in [5, 5.41) is 7.97. The third kappa shape index (κ3) is 2.11. The van der Waals surface area contributed by atoms with Crippen LogP contribution in [0.4, 0.5) is 13.2 Å². The van der Waals surface area contributed by atoms with E-state index in [2.05, 4.69) is 4.98 Å². The summed E-state index contributed by atoms with van der Waals surface area (Å²) in [7, 11) is 0. The lowest BCUT2D eigenvalue weighted by Gasteiger charge is -2.13. The van der Waals surface area contributed by atoms with Gasteiger partial charge in [-0.15, -0.1) is 0 Å². The summed E-state index contributed by atoms with van der Waals surface area (Å²) < 4.78 is 39.0. The van der Waals surface area contributed by atoms with E-state index in [-0.39, 0.29) is 6.42 Å². The van der Waals surface area contributed by atoms with Crippen LogP contribution in [0, 0.1) is 17.7 Å². The van der Waals surface area contributed by atoms with Crippen LogP contribution in [0.1, 0.15) is 24.8 Å². The molecular formula is C9H7ClF3NO2. The molecule has 1 aromatic rings. The highest BCUT2D eigenvalue weighted by atomic mass is 35.5. The number of carboxylic acids is 1. The molecule has 0 spiro atoms. The quantitative estimate of drug-likeness (QED) is 0.843. The predicted molar refractivity (Wildman–Crippen MR) is 49.8 cm³/mol. The fourth-order valence-corrected chi connectivity index (χ4v) is 1.57. The van der Waals surface area contributed by atoms with Crippen LogP contribution in [0.2, 0.25) is 5.02 Å². The molecule has 0 aliphatic rings. The lowest BCUT2D eigenvalue weighted by atomic mass is 9.97. The monoisotopic (exact) mass is 253 g/mol. The Morgan fingerprint density at radius 2 is 2.00 bits per heavy atom. The van der Waals surface area contributed by atoms with Crippen molar-refractivity contribution in [1.29, 1.82) is 0 Å². The van der Waals surface area contributed by atoms with Crippen molar-refractivity contribution >= 4 is 17.6 Å². The van der Waals surface area contributed by atoms with Crippen LogP contribution in [0.5, 0.6) is 0 Å². The van der Waals surface area contributed by atoms with E-state index in [1.165, 1.54) is 6.92 Å². The van der Waals surface area contributed by atoms with Crippen molar-refractivity contribution < 1.29 is 23.1 Å². The minimum absolute atomic E-state index is 0.0468. The molecule has 88 valence electrons. The number of rotatable bonds is 3. The van der Waals surface area contributed by atoms with E-state index in [1.54, 1.807) is 0 Å². The Kier molecular flexibility index (Phi) is 3.74. The molecule has 0 amide bonds. The van der Waals surface area contributed by atoms with Gasteiger partial charge in [0.2, 0.25) is 5.95 Å². The van der Waals surface area contributed by atoms with E-state index in [9.17, 15) is 18.0 Å². The SMILES string of the molecule is CCC(C(=O)O)c1c(F)c(F)nc(F)c1Cl. The molecule has 7 heteroatoms. The van der Waals surface area contributed by atoms with Gasteiger partial charge in [0, 0.05) is 5.56 Å². The molecule has 1 unspecified atom stereocenters. The summed E-state index contributed by atoms with van der Waals surface area (Å²) in [6, 6.07) is 0. The molecule has 3 nitrogen and oxygen atoms in total. The summed E-state index contributed by atoms with van der Waals surface area (Å²) in [5.74, 6) is -7.46. The Hall–Kier alpha value is -1.30. The van der Waals surface area contributed by atoms with E-state index in [4.69, 9.17) is 16.7 Å². The highest BCUT2D eigenvalue weighted by Crippen LogP contribution is 2.31. The average Bonchev–Trinajstić information content (AvgIpc) is 2.21. The van der Waals surface area contributed by atoms with E-state index in [1.807, 2.05) is 0 Å². The number of carbonyl (C=O) groups is 1. The fraction of sp³-hybridized carbons (Fsp3) is 0.333. The fourth-order valence-electron chi connectivity index (χ4n) is 1.31. The Balaban J connectivity index is 3.47. The largest absolute Gasteiger partial charge is 0.481 e. The zero-order valence-electron chi connectivity index (χ0n) is 8.10. The number of halogens is 4. The van der Waals surface area contributed by atoms with E-state index < -0.39 is 40.2 Å². The third-order valence-corrected chi connectivity index (χ3v) is 2.45. The predicted octanol–water partition coefficient (Wildman–Crippen LogP) is 2.73. The van der Waals surface area contributed by atoms with Gasteiger partial charge in [-0.3, -0.25) is 4.79 Å². The number of carboxylic acid groups (broad SMARTS) is 1. The van der Waals surface area contributed by atoms with Gasteiger partial charge in [-0.2, -0.15) is 13.8 Å². The molecule has 0 aliphatic carbocycles. The van der Waals surface area contributed by atoms with Crippen molar-refractivity contribution in [2.75, 3.05) is 0 Å². The van der Waals surface area contributed by atoms with Crippen molar-refractivity contribution in [1.82, 2.24) is 4.98 Å². The van der Waals surface area contributed by atoms with Gasteiger partial charge in [-0.05, 0) is 6.42 Å². The highest BCUT2D eigenvalue weighted by Gasteiger charge is 2.29. The maximum Gasteiger partial charge on any atom is 0.311 e. The highest BCUT2D eigenvalue weighted by molar-refractivity contribution is 6.31. The third-order valence-electron chi connectivity index (χ3n) is 2.09. The molecule has 0 aliphatic heterocycles. The van der Waals surface area contributed by atoms with E-state index >= 15 is 0 Å². The van der Waals surface area contributed by atoms with Crippen LogP contribution in [0.25, 0.3) is 0 Å². The van der Waals surface area contributed by atoms with E-state index in [0.717, 1.165) is 0 Å². The van der Waals surface area contributed by atoms with Crippen LogP contribution in [-0.4, -0.2) is 16.1 Å². The van der Waals surface area contributed by atoms with E-state index in [0.29, 0.717) is 0 Å². The van der Waals surface area contributed by atoms with Crippen LogP contribution < -0.4 is 0 Å². The first-order valence-corrected chi connectivity index (χ1v) is 4.70. The molecule has 0 aromatic carbocycles. The smallest absolute Gasteiger partial charge is 0.311 e. The van der Waals surface area contributed by atoms with Crippen molar-refractivity contribution in [3.05, 3.63) is 28.3 Å². The number of aliphatic carboxylic acids is 1. The summed E-state index contributed by atoms with van der Waals surface area (Å²) in [5.41, 5.74) is -0.707. The van der Waals surface area contributed by atoms with Crippen LogP contribution >= 0.6 is 11.6 Å². The van der Waals surface area contributed by atoms with Gasteiger partial charge in [0.05, 0.1) is 5.92 Å². The Morgan fingerprint density at radius 1 is 1.44 bits per heavy atom. The maximum atomic E-state index is 13.3. The maximum absolute atomic E-state index is 13.3. The Labute approximate surface area is 93.9 Å². The first-order valence-electron chi connectivity index (χ1n) is 4.32. The molecule has 1 rings (SSSR count). The topological polar surface area (TPSA) is 50.2 Å². The van der Waals surface area contributed by atoms with Gasteiger partial charge < -0.3 is 5.11 Å². The molecule has 1 heterocycles. The first kappa shape index (κ1) is 12.8. The summed E-state index contributed by atoms with van der Waals surface area (Å²) in [6.07, 6.45) is -0.0468. The minimum atomic E-state index is -1.70. The molecular weight excluding hydrogens is 247 g/mol. The summed E-state index contributed by atoms with van der Waals surface area (Å²) in [6.45, 7) is 1.44. The molecule has 0 bridgehead atoms. The van der Waals surface area contributed by atoms with Gasteiger partial charge in [0.1, 0.15) is 5.02 Å². The zero-order valence-corrected chi connectivity index (χ0v) is 8.85. The lowest BCUT2D eigenvalue weighted by molar-refractivity contribution is -0.138. The number of hydrogen-bond acceptors (Lipinski definition) is 2.